The van der Waals surface area contributed by atoms with E-state index in [4.69, 9.17) is 4.74 Å². The fourth-order valence-corrected chi connectivity index (χ4v) is 4.19. The summed E-state index contributed by atoms with van der Waals surface area (Å²) in [7, 11) is 1.61. The topological polar surface area (TPSA) is 81.4 Å². The number of benzene rings is 3. The number of ether oxygens (including phenoxy) is 1. The number of nitrogens with zero attached hydrogens (tertiary/aromatic N) is 4. The number of rotatable bonds is 8. The maximum absolute atomic E-state index is 12.5. The molecular weight excluding hydrogens is 514 g/mol. The molecular formula is C25H22BrN5O2S. The van der Waals surface area contributed by atoms with E-state index >= 15 is 0 Å². The van der Waals surface area contributed by atoms with Gasteiger partial charge in [0.15, 0.2) is 11.0 Å². The number of carbonyl (C=O) groups is 1. The molecule has 34 heavy (non-hydrogen) atoms. The second-order valence-corrected chi connectivity index (χ2v) is 9.10. The maximum atomic E-state index is 12.5. The smallest absolute Gasteiger partial charge is 0.250 e. The third-order valence-electron chi connectivity index (χ3n) is 4.92. The summed E-state index contributed by atoms with van der Waals surface area (Å²) in [6.07, 6.45) is 0. The molecule has 4 aromatic rings. The summed E-state index contributed by atoms with van der Waals surface area (Å²) in [6.45, 7) is 1.83. The highest BCUT2D eigenvalue weighted by Gasteiger charge is 2.17. The van der Waals surface area contributed by atoms with Gasteiger partial charge in [-0.1, -0.05) is 70.2 Å². The van der Waals surface area contributed by atoms with E-state index in [1.807, 2.05) is 90.4 Å². The van der Waals surface area contributed by atoms with Crippen LogP contribution < -0.4 is 10.2 Å². The van der Waals surface area contributed by atoms with Gasteiger partial charge in [-0.15, -0.1) is 10.2 Å². The van der Waals surface area contributed by atoms with Gasteiger partial charge in [-0.3, -0.25) is 9.36 Å². The standard InChI is InChI=1S/C25H22BrN5O2S/c1-17(19-7-6-10-22(15-19)33-2)27-28-23(32)16-34-25-30-29-24(18-11-13-20(26)14-12-18)31(25)21-8-4-3-5-9-21/h3-15H,16H2,1-2H3,(H,28,32). The van der Waals surface area contributed by atoms with Crippen molar-refractivity contribution in [3.05, 3.63) is 88.9 Å². The number of amides is 1. The van der Waals surface area contributed by atoms with Crippen LogP contribution in [0.5, 0.6) is 5.75 Å². The molecule has 9 heteroatoms. The van der Waals surface area contributed by atoms with Gasteiger partial charge in [0.05, 0.1) is 18.6 Å². The van der Waals surface area contributed by atoms with Gasteiger partial charge in [-0.2, -0.15) is 5.10 Å². The first-order chi connectivity index (χ1) is 16.5. The van der Waals surface area contributed by atoms with Crippen molar-refractivity contribution in [2.75, 3.05) is 12.9 Å². The molecule has 0 fully saturated rings. The zero-order chi connectivity index (χ0) is 23.9. The third-order valence-corrected chi connectivity index (χ3v) is 6.38. The Balaban J connectivity index is 1.50. The second kappa shape index (κ2) is 11.1. The Morgan fingerprint density at radius 2 is 1.82 bits per heavy atom. The first-order valence-corrected chi connectivity index (χ1v) is 12.2. The Kier molecular flexibility index (Phi) is 7.76. The van der Waals surface area contributed by atoms with Gasteiger partial charge in [-0.25, -0.2) is 5.43 Å². The summed E-state index contributed by atoms with van der Waals surface area (Å²) in [6, 6.07) is 25.2. The molecule has 0 radical (unpaired) electrons. The Morgan fingerprint density at radius 3 is 2.56 bits per heavy atom. The van der Waals surface area contributed by atoms with Crippen LogP contribution in [0, 0.1) is 0 Å². The number of hydrazone groups is 1. The van der Waals surface area contributed by atoms with Crippen LogP contribution >= 0.6 is 27.7 Å². The molecule has 0 aliphatic carbocycles. The SMILES string of the molecule is COc1cccc(C(C)=NNC(=O)CSc2nnc(-c3ccc(Br)cc3)n2-c2ccccc2)c1. The molecule has 7 nitrogen and oxygen atoms in total. The van der Waals surface area contributed by atoms with E-state index in [1.165, 1.54) is 11.8 Å². The van der Waals surface area contributed by atoms with Crippen molar-refractivity contribution in [3.8, 4) is 22.8 Å². The molecule has 172 valence electrons. The summed E-state index contributed by atoms with van der Waals surface area (Å²) >= 11 is 4.77. The Labute approximate surface area is 210 Å². The van der Waals surface area contributed by atoms with Crippen LogP contribution in [0.2, 0.25) is 0 Å². The highest BCUT2D eigenvalue weighted by molar-refractivity contribution is 9.10. The lowest BCUT2D eigenvalue weighted by molar-refractivity contribution is -0.118. The van der Waals surface area contributed by atoms with Crippen molar-refractivity contribution in [1.29, 1.82) is 0 Å². The largest absolute Gasteiger partial charge is 0.497 e. The molecule has 0 unspecified atom stereocenters. The van der Waals surface area contributed by atoms with Crippen molar-refractivity contribution in [1.82, 2.24) is 20.2 Å². The Hall–Kier alpha value is -3.43. The molecule has 1 amide bonds. The van der Waals surface area contributed by atoms with Crippen LogP contribution in [0.15, 0.2) is 93.6 Å². The van der Waals surface area contributed by atoms with Crippen LogP contribution in [0.1, 0.15) is 12.5 Å². The van der Waals surface area contributed by atoms with Crippen LogP contribution in [-0.4, -0.2) is 39.2 Å². The minimum atomic E-state index is -0.236. The summed E-state index contributed by atoms with van der Waals surface area (Å²) in [5.74, 6) is 1.34. The lowest BCUT2D eigenvalue weighted by Crippen LogP contribution is -2.21. The van der Waals surface area contributed by atoms with Crippen molar-refractivity contribution in [2.45, 2.75) is 12.1 Å². The van der Waals surface area contributed by atoms with E-state index in [2.05, 4.69) is 36.7 Å². The van der Waals surface area contributed by atoms with Crippen LogP contribution in [0.3, 0.4) is 0 Å². The van der Waals surface area contributed by atoms with Gasteiger partial charge >= 0.3 is 0 Å². The monoisotopic (exact) mass is 535 g/mol. The summed E-state index contributed by atoms with van der Waals surface area (Å²) < 4.78 is 8.18. The van der Waals surface area contributed by atoms with Gasteiger partial charge in [0.25, 0.3) is 5.91 Å². The van der Waals surface area contributed by atoms with Gasteiger partial charge in [0, 0.05) is 21.3 Å². The Morgan fingerprint density at radius 1 is 1.06 bits per heavy atom. The van der Waals surface area contributed by atoms with Gasteiger partial charge in [-0.05, 0) is 43.3 Å². The number of nitrogens with one attached hydrogen (secondary N) is 1. The van der Waals surface area contributed by atoms with Crippen molar-refractivity contribution in [3.63, 3.8) is 0 Å². The molecule has 1 heterocycles. The average molecular weight is 536 g/mol. The molecule has 0 atom stereocenters. The summed E-state index contributed by atoms with van der Waals surface area (Å²) in [4.78, 5) is 12.5. The molecule has 0 aliphatic heterocycles. The number of halogens is 1. The van der Waals surface area contributed by atoms with E-state index in [9.17, 15) is 4.79 Å². The molecule has 4 rings (SSSR count). The van der Waals surface area contributed by atoms with Crippen LogP contribution in [-0.2, 0) is 4.79 Å². The van der Waals surface area contributed by atoms with E-state index < -0.39 is 0 Å². The zero-order valence-electron chi connectivity index (χ0n) is 18.6. The molecule has 0 spiro atoms. The van der Waals surface area contributed by atoms with Crippen molar-refractivity contribution >= 4 is 39.3 Å². The van der Waals surface area contributed by atoms with Crippen molar-refractivity contribution in [2.24, 2.45) is 5.10 Å². The predicted octanol–water partition coefficient (Wildman–Crippen LogP) is 5.34. The highest BCUT2D eigenvalue weighted by Crippen LogP contribution is 2.28. The zero-order valence-corrected chi connectivity index (χ0v) is 21.0. The minimum absolute atomic E-state index is 0.139. The minimum Gasteiger partial charge on any atom is -0.497 e. The first kappa shape index (κ1) is 23.7. The Bertz CT molecular complexity index is 1310. The molecule has 0 saturated heterocycles. The fraction of sp³-hybridized carbons (Fsp3) is 0.120. The maximum Gasteiger partial charge on any atom is 0.250 e. The highest BCUT2D eigenvalue weighted by atomic mass is 79.9. The van der Waals surface area contributed by atoms with Crippen LogP contribution in [0.25, 0.3) is 17.1 Å². The molecule has 0 saturated carbocycles. The van der Waals surface area contributed by atoms with E-state index in [1.54, 1.807) is 7.11 Å². The van der Waals surface area contributed by atoms with Gasteiger partial charge in [0.1, 0.15) is 5.75 Å². The van der Waals surface area contributed by atoms with E-state index in [0.717, 1.165) is 27.0 Å². The first-order valence-electron chi connectivity index (χ1n) is 10.4. The average Bonchev–Trinajstić information content (AvgIpc) is 3.31. The predicted molar refractivity (Wildman–Crippen MR) is 139 cm³/mol. The van der Waals surface area contributed by atoms with Gasteiger partial charge in [0.2, 0.25) is 0 Å². The summed E-state index contributed by atoms with van der Waals surface area (Å²) in [5, 5.41) is 13.6. The fourth-order valence-electron chi connectivity index (χ4n) is 3.18. The molecule has 0 bridgehead atoms. The summed E-state index contributed by atoms with van der Waals surface area (Å²) in [5.41, 5.74) is 6.01. The second-order valence-electron chi connectivity index (χ2n) is 7.24. The van der Waals surface area contributed by atoms with Crippen LogP contribution in [0.4, 0.5) is 0 Å². The van der Waals surface area contributed by atoms with E-state index in [-0.39, 0.29) is 11.7 Å². The lowest BCUT2D eigenvalue weighted by Gasteiger charge is -2.10. The number of hydrogen-bond donors (Lipinski definition) is 1. The molecule has 1 aromatic heterocycles. The quantitative estimate of drug-likeness (QED) is 0.187. The molecule has 3 aromatic carbocycles. The number of methoxy groups -OCH3 is 1. The lowest BCUT2D eigenvalue weighted by atomic mass is 10.1. The van der Waals surface area contributed by atoms with Gasteiger partial charge < -0.3 is 4.74 Å². The third kappa shape index (κ3) is 5.73. The van der Waals surface area contributed by atoms with E-state index in [0.29, 0.717) is 16.7 Å². The molecule has 1 N–H and O–H groups in total. The number of hydrogen-bond acceptors (Lipinski definition) is 6. The molecule has 0 aliphatic rings. The number of aromatic nitrogens is 3. The number of para-hydroxylation sites is 1. The van der Waals surface area contributed by atoms with Crippen molar-refractivity contribution < 1.29 is 9.53 Å². The normalized spacial score (nSPS) is 11.3. The number of carbonyl (C=O) groups excluding carboxylic acids is 1. The number of thioether (sulfide) groups is 1.